The summed E-state index contributed by atoms with van der Waals surface area (Å²) in [7, 11) is 0. The zero-order valence-electron chi connectivity index (χ0n) is 16.7. The third-order valence-electron chi connectivity index (χ3n) is 4.89. The van der Waals surface area contributed by atoms with Crippen molar-refractivity contribution >= 4 is 22.6 Å². The van der Waals surface area contributed by atoms with E-state index in [-0.39, 0.29) is 0 Å². The molecule has 1 heterocycles. The van der Waals surface area contributed by atoms with Crippen molar-refractivity contribution < 1.29 is 0 Å². The van der Waals surface area contributed by atoms with Crippen molar-refractivity contribution in [1.29, 1.82) is 5.26 Å². The van der Waals surface area contributed by atoms with E-state index in [1.165, 1.54) is 28.0 Å². The molecule has 0 bridgehead atoms. The normalized spacial score (nSPS) is 11.1. The molecule has 0 aliphatic rings. The Hall–Kier alpha value is -3.68. The largest absolute Gasteiger partial charge is 0.360 e. The fourth-order valence-corrected chi connectivity index (χ4v) is 3.92. The molecule has 0 aliphatic carbocycles. The second-order valence-electron chi connectivity index (χ2n) is 6.85. The summed E-state index contributed by atoms with van der Waals surface area (Å²) >= 11 is 1.48. The highest BCUT2D eigenvalue weighted by atomic mass is 32.1. The Morgan fingerprint density at radius 2 is 1.60 bits per heavy atom. The number of nitriles is 1. The van der Waals surface area contributed by atoms with E-state index in [1.54, 1.807) is 6.20 Å². The average molecular weight is 408 g/mol. The first-order chi connectivity index (χ1) is 14.8. The molecule has 4 aromatic rings. The highest BCUT2D eigenvalue weighted by Crippen LogP contribution is 2.28. The van der Waals surface area contributed by atoms with Crippen LogP contribution in [0.2, 0.25) is 0 Å². The predicted molar refractivity (Wildman–Crippen MR) is 126 cm³/mol. The average Bonchev–Trinajstić information content (AvgIpc) is 3.31. The van der Waals surface area contributed by atoms with Crippen molar-refractivity contribution in [2.45, 2.75) is 13.3 Å². The SMILES string of the molecule is CCc1ccc(NC=C(C#N)c2nc(-c3ccc(-c4ccccc4)cc3)cs2)cc1. The van der Waals surface area contributed by atoms with Gasteiger partial charge in [0.05, 0.1) is 5.69 Å². The van der Waals surface area contributed by atoms with Crippen LogP contribution in [0.4, 0.5) is 5.69 Å². The molecular formula is C26H21N3S. The third-order valence-corrected chi connectivity index (χ3v) is 5.76. The summed E-state index contributed by atoms with van der Waals surface area (Å²) in [5.74, 6) is 0. The molecule has 3 aromatic carbocycles. The molecule has 0 saturated carbocycles. The van der Waals surface area contributed by atoms with Crippen LogP contribution < -0.4 is 5.32 Å². The van der Waals surface area contributed by atoms with Crippen LogP contribution in [0.1, 0.15) is 17.5 Å². The second-order valence-corrected chi connectivity index (χ2v) is 7.70. The fourth-order valence-electron chi connectivity index (χ4n) is 3.13. The number of aryl methyl sites for hydroxylation is 1. The molecule has 4 heteroatoms. The zero-order chi connectivity index (χ0) is 20.8. The van der Waals surface area contributed by atoms with E-state index in [0.29, 0.717) is 10.6 Å². The molecule has 146 valence electrons. The van der Waals surface area contributed by atoms with E-state index in [2.05, 4.69) is 71.8 Å². The molecule has 0 atom stereocenters. The van der Waals surface area contributed by atoms with Crippen LogP contribution in [0.3, 0.4) is 0 Å². The molecule has 1 N–H and O–H groups in total. The van der Waals surface area contributed by atoms with Crippen LogP contribution >= 0.6 is 11.3 Å². The van der Waals surface area contributed by atoms with Crippen LogP contribution in [-0.2, 0) is 6.42 Å². The van der Waals surface area contributed by atoms with Crippen LogP contribution in [0.25, 0.3) is 28.0 Å². The Morgan fingerprint density at radius 1 is 0.933 bits per heavy atom. The van der Waals surface area contributed by atoms with Crippen molar-refractivity contribution in [1.82, 2.24) is 4.98 Å². The van der Waals surface area contributed by atoms with E-state index in [4.69, 9.17) is 0 Å². The molecule has 1 aromatic heterocycles. The topological polar surface area (TPSA) is 48.7 Å². The molecule has 0 amide bonds. The number of nitrogens with one attached hydrogen (secondary N) is 1. The number of rotatable bonds is 6. The van der Waals surface area contributed by atoms with Crippen LogP contribution in [0.5, 0.6) is 0 Å². The van der Waals surface area contributed by atoms with Crippen molar-refractivity contribution in [2.75, 3.05) is 5.32 Å². The maximum absolute atomic E-state index is 9.59. The number of thiazole rings is 1. The summed E-state index contributed by atoms with van der Waals surface area (Å²) < 4.78 is 0. The first-order valence-electron chi connectivity index (χ1n) is 9.84. The Balaban J connectivity index is 1.51. The summed E-state index contributed by atoms with van der Waals surface area (Å²) in [6, 6.07) is 29.1. The minimum atomic E-state index is 0.520. The van der Waals surface area contributed by atoms with Gasteiger partial charge in [-0.3, -0.25) is 0 Å². The Labute approximate surface area is 181 Å². The van der Waals surface area contributed by atoms with Crippen molar-refractivity contribution in [3.8, 4) is 28.5 Å². The lowest BCUT2D eigenvalue weighted by molar-refractivity contribution is 1.14. The monoisotopic (exact) mass is 407 g/mol. The lowest BCUT2D eigenvalue weighted by Gasteiger charge is -2.03. The van der Waals surface area contributed by atoms with Gasteiger partial charge < -0.3 is 5.32 Å². The first-order valence-corrected chi connectivity index (χ1v) is 10.7. The molecule has 30 heavy (non-hydrogen) atoms. The van der Waals surface area contributed by atoms with Gasteiger partial charge in [-0.2, -0.15) is 5.26 Å². The quantitative estimate of drug-likeness (QED) is 0.350. The maximum atomic E-state index is 9.59. The lowest BCUT2D eigenvalue weighted by Crippen LogP contribution is -1.91. The number of hydrogen-bond acceptors (Lipinski definition) is 4. The van der Waals surface area contributed by atoms with Gasteiger partial charge >= 0.3 is 0 Å². The summed E-state index contributed by atoms with van der Waals surface area (Å²) in [6.45, 7) is 2.13. The first kappa shape index (κ1) is 19.6. The molecule has 4 rings (SSSR count). The Bertz CT molecular complexity index is 1180. The van der Waals surface area contributed by atoms with Gasteiger partial charge in [0.1, 0.15) is 16.6 Å². The maximum Gasteiger partial charge on any atom is 0.136 e. The van der Waals surface area contributed by atoms with Gasteiger partial charge in [-0.15, -0.1) is 11.3 Å². The number of allylic oxidation sites excluding steroid dienone is 1. The van der Waals surface area contributed by atoms with Crippen molar-refractivity contribution in [2.24, 2.45) is 0 Å². The highest BCUT2D eigenvalue weighted by molar-refractivity contribution is 7.11. The molecule has 0 fully saturated rings. The summed E-state index contributed by atoms with van der Waals surface area (Å²) in [6.07, 6.45) is 2.73. The molecule has 0 aliphatic heterocycles. The molecule has 3 nitrogen and oxygen atoms in total. The van der Waals surface area contributed by atoms with E-state index in [0.717, 1.165) is 23.4 Å². The van der Waals surface area contributed by atoms with Gasteiger partial charge in [-0.25, -0.2) is 4.98 Å². The Morgan fingerprint density at radius 3 is 2.27 bits per heavy atom. The molecule has 0 radical (unpaired) electrons. The zero-order valence-corrected chi connectivity index (χ0v) is 17.5. The summed E-state index contributed by atoms with van der Waals surface area (Å²) in [4.78, 5) is 4.68. The Kier molecular flexibility index (Phi) is 6.03. The minimum Gasteiger partial charge on any atom is -0.360 e. The second kappa shape index (κ2) is 9.21. The highest BCUT2D eigenvalue weighted by Gasteiger charge is 2.09. The van der Waals surface area contributed by atoms with E-state index in [1.807, 2.05) is 35.7 Å². The molecule has 0 saturated heterocycles. The van der Waals surface area contributed by atoms with Crippen LogP contribution in [0, 0.1) is 11.3 Å². The summed E-state index contributed by atoms with van der Waals surface area (Å²) in [5, 5.41) is 15.5. The standard InChI is InChI=1S/C26H21N3S/c1-2-19-8-14-24(15-9-19)28-17-23(16-27)26-29-25(18-30-26)22-12-10-21(11-13-22)20-6-4-3-5-7-20/h3-15,17-18,28H,2H2,1H3. The third kappa shape index (κ3) is 4.48. The fraction of sp³-hybridized carbons (Fsp3) is 0.0769. The van der Waals surface area contributed by atoms with E-state index >= 15 is 0 Å². The smallest absolute Gasteiger partial charge is 0.136 e. The van der Waals surface area contributed by atoms with Crippen molar-refractivity contribution in [3.05, 3.63) is 101 Å². The number of hydrogen-bond donors (Lipinski definition) is 1. The van der Waals surface area contributed by atoms with E-state index < -0.39 is 0 Å². The molecular weight excluding hydrogens is 386 g/mol. The van der Waals surface area contributed by atoms with Gasteiger partial charge in [0.2, 0.25) is 0 Å². The number of benzene rings is 3. The van der Waals surface area contributed by atoms with Gasteiger partial charge in [0.15, 0.2) is 0 Å². The number of aromatic nitrogens is 1. The van der Waals surface area contributed by atoms with Gasteiger partial charge in [0.25, 0.3) is 0 Å². The van der Waals surface area contributed by atoms with Gasteiger partial charge in [-0.05, 0) is 35.2 Å². The van der Waals surface area contributed by atoms with Crippen LogP contribution in [0.15, 0.2) is 90.4 Å². The lowest BCUT2D eigenvalue weighted by atomic mass is 10.0. The van der Waals surface area contributed by atoms with E-state index in [9.17, 15) is 5.26 Å². The van der Waals surface area contributed by atoms with Gasteiger partial charge in [-0.1, -0.05) is 73.7 Å². The molecule has 0 unspecified atom stereocenters. The molecule has 0 spiro atoms. The number of anilines is 1. The van der Waals surface area contributed by atoms with Crippen LogP contribution in [-0.4, -0.2) is 4.98 Å². The minimum absolute atomic E-state index is 0.520. The van der Waals surface area contributed by atoms with Gasteiger partial charge in [0, 0.05) is 22.8 Å². The van der Waals surface area contributed by atoms with Crippen molar-refractivity contribution in [3.63, 3.8) is 0 Å². The summed E-state index contributed by atoms with van der Waals surface area (Å²) in [5.41, 5.74) is 7.04. The predicted octanol–water partition coefficient (Wildman–Crippen LogP) is 7.02. The number of nitrogens with zero attached hydrogens (tertiary/aromatic N) is 2.